The number of rotatable bonds is 2. The molecule has 9 heteroatoms. The van der Waals surface area contributed by atoms with Gasteiger partial charge in [-0.05, 0) is 31.2 Å². The molecule has 134 valence electrons. The predicted molar refractivity (Wildman–Crippen MR) is 99.8 cm³/mol. The van der Waals surface area contributed by atoms with Gasteiger partial charge in [0.2, 0.25) is 0 Å². The molecule has 4 rings (SSSR count). The molecule has 3 heterocycles. The van der Waals surface area contributed by atoms with E-state index in [0.717, 1.165) is 17.3 Å². The molecule has 0 spiro atoms. The highest BCUT2D eigenvalue weighted by Crippen LogP contribution is 2.21. The Bertz CT molecular complexity index is 949. The van der Waals surface area contributed by atoms with Crippen molar-refractivity contribution in [2.24, 2.45) is 0 Å². The fourth-order valence-electron chi connectivity index (χ4n) is 2.95. The highest BCUT2D eigenvalue weighted by atomic mass is 35.5. The summed E-state index contributed by atoms with van der Waals surface area (Å²) in [5.74, 6) is 1.60. The van der Waals surface area contributed by atoms with Crippen molar-refractivity contribution in [3.8, 4) is 0 Å². The third kappa shape index (κ3) is 3.15. The van der Waals surface area contributed by atoms with E-state index in [9.17, 15) is 4.79 Å². The molecule has 0 saturated carbocycles. The standard InChI is InChI=1S/C17H18ClN7O/c1-12-20-21-15-6-7-16(22-25(12)15)23-8-10-24(11-9-23)17(26)19-14-5-3-2-4-13(14)18/h2-7H,8-11H2,1H3,(H,19,26). The van der Waals surface area contributed by atoms with E-state index in [0.29, 0.717) is 36.9 Å². The summed E-state index contributed by atoms with van der Waals surface area (Å²) in [6, 6.07) is 10.9. The van der Waals surface area contributed by atoms with Gasteiger partial charge in [0, 0.05) is 26.2 Å². The van der Waals surface area contributed by atoms with Crippen LogP contribution in [0.4, 0.5) is 16.3 Å². The Labute approximate surface area is 155 Å². The van der Waals surface area contributed by atoms with Crippen molar-refractivity contribution >= 4 is 34.8 Å². The van der Waals surface area contributed by atoms with Gasteiger partial charge in [0.25, 0.3) is 0 Å². The van der Waals surface area contributed by atoms with E-state index in [4.69, 9.17) is 11.6 Å². The first kappa shape index (κ1) is 16.6. The fraction of sp³-hybridized carbons (Fsp3) is 0.294. The van der Waals surface area contributed by atoms with E-state index in [2.05, 4.69) is 25.5 Å². The number of benzene rings is 1. The smallest absolute Gasteiger partial charge is 0.322 e. The van der Waals surface area contributed by atoms with Crippen LogP contribution in [0.1, 0.15) is 5.82 Å². The van der Waals surface area contributed by atoms with Gasteiger partial charge < -0.3 is 15.1 Å². The van der Waals surface area contributed by atoms with Crippen LogP contribution >= 0.6 is 11.6 Å². The number of halogens is 1. The van der Waals surface area contributed by atoms with E-state index >= 15 is 0 Å². The van der Waals surface area contributed by atoms with Gasteiger partial charge in [0.05, 0.1) is 10.7 Å². The number of para-hydroxylation sites is 1. The Kier molecular flexibility index (Phi) is 4.34. The molecule has 0 aliphatic carbocycles. The largest absolute Gasteiger partial charge is 0.352 e. The summed E-state index contributed by atoms with van der Waals surface area (Å²) in [4.78, 5) is 16.4. The number of nitrogens with one attached hydrogen (secondary N) is 1. The summed E-state index contributed by atoms with van der Waals surface area (Å²) in [5.41, 5.74) is 1.35. The van der Waals surface area contributed by atoms with Gasteiger partial charge >= 0.3 is 6.03 Å². The molecule has 8 nitrogen and oxygen atoms in total. The highest BCUT2D eigenvalue weighted by Gasteiger charge is 2.23. The van der Waals surface area contributed by atoms with E-state index in [1.165, 1.54) is 0 Å². The van der Waals surface area contributed by atoms with E-state index in [-0.39, 0.29) is 6.03 Å². The van der Waals surface area contributed by atoms with Crippen molar-refractivity contribution in [1.29, 1.82) is 0 Å². The molecule has 1 aliphatic rings. The van der Waals surface area contributed by atoms with Crippen molar-refractivity contribution in [2.45, 2.75) is 6.92 Å². The quantitative estimate of drug-likeness (QED) is 0.748. The maximum atomic E-state index is 12.4. The van der Waals surface area contributed by atoms with Crippen LogP contribution in [-0.2, 0) is 0 Å². The van der Waals surface area contributed by atoms with Crippen LogP contribution in [0.15, 0.2) is 36.4 Å². The summed E-state index contributed by atoms with van der Waals surface area (Å²) in [5, 5.41) is 16.1. The van der Waals surface area contributed by atoms with Gasteiger partial charge in [0.15, 0.2) is 11.5 Å². The zero-order valence-electron chi connectivity index (χ0n) is 14.3. The average molecular weight is 372 g/mol. The molecule has 1 N–H and O–H groups in total. The summed E-state index contributed by atoms with van der Waals surface area (Å²) in [7, 11) is 0. The molecule has 0 radical (unpaired) electrons. The SMILES string of the molecule is Cc1nnc2ccc(N3CCN(C(=O)Nc4ccccc4Cl)CC3)nn12. The third-order valence-corrected chi connectivity index (χ3v) is 4.74. The molecule has 0 unspecified atom stereocenters. The second-order valence-electron chi connectivity index (χ2n) is 6.09. The lowest BCUT2D eigenvalue weighted by atomic mass is 10.3. The topological polar surface area (TPSA) is 78.7 Å². The first-order valence-electron chi connectivity index (χ1n) is 8.36. The lowest BCUT2D eigenvalue weighted by Crippen LogP contribution is -2.50. The van der Waals surface area contributed by atoms with Gasteiger partial charge in [-0.25, -0.2) is 4.79 Å². The highest BCUT2D eigenvalue weighted by molar-refractivity contribution is 6.33. The molecule has 2 amide bonds. The number of aromatic nitrogens is 4. The molecule has 26 heavy (non-hydrogen) atoms. The van der Waals surface area contributed by atoms with Crippen LogP contribution in [0, 0.1) is 6.92 Å². The Balaban J connectivity index is 1.41. The van der Waals surface area contributed by atoms with Crippen LogP contribution in [0.2, 0.25) is 5.02 Å². The first-order valence-corrected chi connectivity index (χ1v) is 8.74. The maximum absolute atomic E-state index is 12.4. The number of urea groups is 1. The molecule has 1 aromatic carbocycles. The summed E-state index contributed by atoms with van der Waals surface area (Å²) in [6.45, 7) is 4.49. The number of anilines is 2. The molecule has 0 atom stereocenters. The molecular weight excluding hydrogens is 354 g/mol. The maximum Gasteiger partial charge on any atom is 0.322 e. The van der Waals surface area contributed by atoms with E-state index < -0.39 is 0 Å². The fourth-order valence-corrected chi connectivity index (χ4v) is 3.13. The Morgan fingerprint density at radius 2 is 1.85 bits per heavy atom. The molecule has 1 saturated heterocycles. The average Bonchev–Trinajstić information content (AvgIpc) is 3.04. The van der Waals surface area contributed by atoms with Crippen molar-refractivity contribution < 1.29 is 4.79 Å². The molecule has 1 aliphatic heterocycles. The number of carbonyl (C=O) groups is 1. The number of hydrogen-bond donors (Lipinski definition) is 1. The summed E-state index contributed by atoms with van der Waals surface area (Å²) in [6.07, 6.45) is 0. The van der Waals surface area contributed by atoms with Crippen molar-refractivity contribution in [2.75, 3.05) is 36.4 Å². The van der Waals surface area contributed by atoms with Crippen LogP contribution in [0.25, 0.3) is 5.65 Å². The minimum Gasteiger partial charge on any atom is -0.352 e. The molecule has 3 aromatic rings. The van der Waals surface area contributed by atoms with Gasteiger partial charge in [0.1, 0.15) is 5.82 Å². The minimum absolute atomic E-state index is 0.143. The van der Waals surface area contributed by atoms with Crippen LogP contribution in [0.5, 0.6) is 0 Å². The lowest BCUT2D eigenvalue weighted by molar-refractivity contribution is 0.208. The number of hydrogen-bond acceptors (Lipinski definition) is 5. The normalized spacial score (nSPS) is 14.7. The number of fused-ring (bicyclic) bond motifs is 1. The number of aryl methyl sites for hydroxylation is 1. The van der Waals surface area contributed by atoms with Crippen LogP contribution < -0.4 is 10.2 Å². The predicted octanol–water partition coefficient (Wildman–Crippen LogP) is 2.44. The van der Waals surface area contributed by atoms with Crippen molar-refractivity contribution in [1.82, 2.24) is 24.7 Å². The minimum atomic E-state index is -0.143. The zero-order chi connectivity index (χ0) is 18.1. The van der Waals surface area contributed by atoms with Crippen molar-refractivity contribution in [3.05, 3.63) is 47.2 Å². The van der Waals surface area contributed by atoms with Gasteiger partial charge in [-0.2, -0.15) is 4.52 Å². The summed E-state index contributed by atoms with van der Waals surface area (Å²) < 4.78 is 1.73. The Morgan fingerprint density at radius 3 is 2.62 bits per heavy atom. The Hall–Kier alpha value is -2.87. The zero-order valence-corrected chi connectivity index (χ0v) is 15.0. The van der Waals surface area contributed by atoms with Crippen LogP contribution in [-0.4, -0.2) is 56.9 Å². The number of amides is 2. The van der Waals surface area contributed by atoms with Gasteiger partial charge in [-0.15, -0.1) is 15.3 Å². The van der Waals surface area contributed by atoms with E-state index in [1.807, 2.05) is 31.2 Å². The first-order chi connectivity index (χ1) is 12.6. The monoisotopic (exact) mass is 371 g/mol. The van der Waals surface area contributed by atoms with Crippen molar-refractivity contribution in [3.63, 3.8) is 0 Å². The summed E-state index contributed by atoms with van der Waals surface area (Å²) >= 11 is 6.10. The van der Waals surface area contributed by atoms with Gasteiger partial charge in [-0.3, -0.25) is 0 Å². The molecule has 1 fully saturated rings. The van der Waals surface area contributed by atoms with E-state index in [1.54, 1.807) is 21.5 Å². The molecular formula is C17H18ClN7O. The van der Waals surface area contributed by atoms with Gasteiger partial charge in [-0.1, -0.05) is 23.7 Å². The number of nitrogens with zero attached hydrogens (tertiary/aromatic N) is 6. The Morgan fingerprint density at radius 1 is 1.08 bits per heavy atom. The lowest BCUT2D eigenvalue weighted by Gasteiger charge is -2.35. The van der Waals surface area contributed by atoms with Crippen LogP contribution in [0.3, 0.4) is 0 Å². The molecule has 0 bridgehead atoms. The second-order valence-corrected chi connectivity index (χ2v) is 6.50. The number of piperazine rings is 1. The number of carbonyl (C=O) groups excluding carboxylic acids is 1. The third-order valence-electron chi connectivity index (χ3n) is 4.41. The second kappa shape index (κ2) is 6.80. The molecule has 2 aromatic heterocycles.